The van der Waals surface area contributed by atoms with Gasteiger partial charge >= 0.3 is 0 Å². The van der Waals surface area contributed by atoms with Crippen LogP contribution in [-0.4, -0.2) is 37.9 Å². The predicted octanol–water partition coefficient (Wildman–Crippen LogP) is 3.55. The molecule has 0 atom stereocenters. The molecular formula is C24H22N4O4S. The summed E-state index contributed by atoms with van der Waals surface area (Å²) >= 11 is 0.850. The van der Waals surface area contributed by atoms with E-state index in [0.29, 0.717) is 16.3 Å². The maximum atomic E-state index is 12.9. The summed E-state index contributed by atoms with van der Waals surface area (Å²) in [4.78, 5) is 51.8. The second kappa shape index (κ2) is 9.33. The van der Waals surface area contributed by atoms with Crippen molar-refractivity contribution in [3.05, 3.63) is 87.2 Å². The average Bonchev–Trinajstić information content (AvgIpc) is 3.20. The van der Waals surface area contributed by atoms with Crippen molar-refractivity contribution in [1.29, 1.82) is 0 Å². The zero-order valence-corrected chi connectivity index (χ0v) is 19.0. The highest BCUT2D eigenvalue weighted by Gasteiger charge is 2.35. The van der Waals surface area contributed by atoms with E-state index in [1.165, 1.54) is 4.68 Å². The van der Waals surface area contributed by atoms with Gasteiger partial charge in [0.15, 0.2) is 0 Å². The smallest absolute Gasteiger partial charge is 0.295 e. The van der Waals surface area contributed by atoms with Crippen LogP contribution in [0.15, 0.2) is 70.4 Å². The molecule has 9 heteroatoms. The number of thioether (sulfide) groups is 1. The van der Waals surface area contributed by atoms with Gasteiger partial charge in [-0.05, 0) is 42.5 Å². The molecule has 0 radical (unpaired) electrons. The first-order valence-electron chi connectivity index (χ1n) is 10.3. The SMILES string of the molecule is Cc1c(NC(=O)CCN2C(=O)S/C(=C\c3ccccc3)C2=O)c(=O)n(-c2ccccc2)n1C. The van der Waals surface area contributed by atoms with E-state index in [4.69, 9.17) is 0 Å². The molecule has 1 aliphatic heterocycles. The Morgan fingerprint density at radius 2 is 1.64 bits per heavy atom. The minimum Gasteiger partial charge on any atom is -0.320 e. The summed E-state index contributed by atoms with van der Waals surface area (Å²) in [5, 5.41) is 2.23. The number of aromatic nitrogens is 2. The van der Waals surface area contributed by atoms with Gasteiger partial charge in [-0.3, -0.25) is 28.8 Å². The van der Waals surface area contributed by atoms with Crippen molar-refractivity contribution in [2.45, 2.75) is 13.3 Å². The number of hydrogen-bond acceptors (Lipinski definition) is 5. The Morgan fingerprint density at radius 1 is 1.00 bits per heavy atom. The van der Waals surface area contributed by atoms with Crippen molar-refractivity contribution in [3.8, 4) is 5.69 Å². The highest BCUT2D eigenvalue weighted by Crippen LogP contribution is 2.32. The molecule has 2 heterocycles. The lowest BCUT2D eigenvalue weighted by molar-refractivity contribution is -0.123. The van der Waals surface area contributed by atoms with Crippen LogP contribution in [0.2, 0.25) is 0 Å². The van der Waals surface area contributed by atoms with Crippen LogP contribution in [0.1, 0.15) is 17.7 Å². The van der Waals surface area contributed by atoms with E-state index in [1.54, 1.807) is 36.9 Å². The molecule has 0 spiro atoms. The van der Waals surface area contributed by atoms with Gasteiger partial charge in [-0.25, -0.2) is 4.68 Å². The lowest BCUT2D eigenvalue weighted by Crippen LogP contribution is -2.32. The van der Waals surface area contributed by atoms with E-state index in [0.717, 1.165) is 22.2 Å². The first kappa shape index (κ1) is 22.3. The summed E-state index contributed by atoms with van der Waals surface area (Å²) in [6.45, 7) is 1.67. The fourth-order valence-corrected chi connectivity index (χ4v) is 4.39. The number of hydrogen-bond donors (Lipinski definition) is 1. The first-order valence-corrected chi connectivity index (χ1v) is 11.1. The quantitative estimate of drug-likeness (QED) is 0.566. The van der Waals surface area contributed by atoms with Crippen LogP contribution >= 0.6 is 11.8 Å². The van der Waals surface area contributed by atoms with Crippen molar-refractivity contribution in [3.63, 3.8) is 0 Å². The number of rotatable bonds is 6. The molecule has 0 unspecified atom stereocenters. The standard InChI is InChI=1S/C24H22N4O4S/c1-16-21(23(31)28(26(16)2)18-11-7-4-8-12-18)25-20(29)13-14-27-22(30)19(33-24(27)32)15-17-9-5-3-6-10-17/h3-12,15H,13-14H2,1-2H3,(H,25,29)/b19-15-. The lowest BCUT2D eigenvalue weighted by Gasteiger charge is -2.12. The Balaban J connectivity index is 1.44. The minimum absolute atomic E-state index is 0.0681. The molecule has 3 aromatic rings. The van der Waals surface area contributed by atoms with Crippen molar-refractivity contribution in [2.24, 2.45) is 7.05 Å². The van der Waals surface area contributed by atoms with Crippen LogP contribution in [0.4, 0.5) is 10.5 Å². The minimum atomic E-state index is -0.452. The Hall–Kier alpha value is -3.85. The maximum absolute atomic E-state index is 12.9. The van der Waals surface area contributed by atoms with E-state index in [-0.39, 0.29) is 24.2 Å². The molecule has 8 nitrogen and oxygen atoms in total. The van der Waals surface area contributed by atoms with Crippen LogP contribution in [-0.2, 0) is 16.6 Å². The van der Waals surface area contributed by atoms with Gasteiger partial charge in [0, 0.05) is 20.0 Å². The predicted molar refractivity (Wildman–Crippen MR) is 128 cm³/mol. The summed E-state index contributed by atoms with van der Waals surface area (Å²) in [7, 11) is 1.73. The molecule has 1 aliphatic rings. The zero-order chi connectivity index (χ0) is 23.5. The fourth-order valence-electron chi connectivity index (χ4n) is 3.52. The van der Waals surface area contributed by atoms with Crippen LogP contribution in [0.25, 0.3) is 11.8 Å². The zero-order valence-electron chi connectivity index (χ0n) is 18.1. The number of benzene rings is 2. The van der Waals surface area contributed by atoms with Gasteiger partial charge in [0.1, 0.15) is 5.69 Å². The topological polar surface area (TPSA) is 93.4 Å². The highest BCUT2D eigenvalue weighted by molar-refractivity contribution is 8.18. The van der Waals surface area contributed by atoms with Crippen LogP contribution in [0, 0.1) is 6.92 Å². The largest absolute Gasteiger partial charge is 0.320 e. The van der Waals surface area contributed by atoms with Gasteiger partial charge in [0.25, 0.3) is 16.7 Å². The molecule has 33 heavy (non-hydrogen) atoms. The van der Waals surface area contributed by atoms with Crippen LogP contribution in [0.5, 0.6) is 0 Å². The van der Waals surface area contributed by atoms with Gasteiger partial charge in [-0.1, -0.05) is 48.5 Å². The first-order chi connectivity index (χ1) is 15.9. The molecule has 4 rings (SSSR count). The lowest BCUT2D eigenvalue weighted by atomic mass is 10.2. The highest BCUT2D eigenvalue weighted by atomic mass is 32.2. The van der Waals surface area contributed by atoms with Crippen LogP contribution < -0.4 is 10.9 Å². The molecule has 1 N–H and O–H groups in total. The Kier molecular flexibility index (Phi) is 6.32. The van der Waals surface area contributed by atoms with Crippen LogP contribution in [0.3, 0.4) is 0 Å². The fraction of sp³-hybridized carbons (Fsp3) is 0.167. The van der Waals surface area contributed by atoms with Crippen molar-refractivity contribution < 1.29 is 14.4 Å². The Labute approximate surface area is 194 Å². The average molecular weight is 463 g/mol. The number of para-hydroxylation sites is 1. The maximum Gasteiger partial charge on any atom is 0.295 e. The molecule has 1 saturated heterocycles. The van der Waals surface area contributed by atoms with Gasteiger partial charge in [0.2, 0.25) is 5.91 Å². The molecule has 0 saturated carbocycles. The van der Waals surface area contributed by atoms with Gasteiger partial charge in [-0.2, -0.15) is 0 Å². The van der Waals surface area contributed by atoms with E-state index >= 15 is 0 Å². The summed E-state index contributed by atoms with van der Waals surface area (Å²) in [6, 6.07) is 18.3. The number of nitrogens with one attached hydrogen (secondary N) is 1. The number of nitrogens with zero attached hydrogens (tertiary/aromatic N) is 3. The number of carbonyl (C=O) groups excluding carboxylic acids is 3. The second-order valence-corrected chi connectivity index (χ2v) is 8.47. The van der Waals surface area contributed by atoms with E-state index < -0.39 is 17.1 Å². The third-order valence-electron chi connectivity index (χ3n) is 5.35. The van der Waals surface area contributed by atoms with Crippen molar-refractivity contribution in [2.75, 3.05) is 11.9 Å². The molecule has 1 fully saturated rings. The third kappa shape index (κ3) is 4.54. The second-order valence-electron chi connectivity index (χ2n) is 7.48. The number of imide groups is 1. The van der Waals surface area contributed by atoms with Gasteiger partial charge in [-0.15, -0.1) is 0 Å². The van der Waals surface area contributed by atoms with E-state index in [1.807, 2.05) is 48.5 Å². The number of amides is 3. The molecule has 0 aliphatic carbocycles. The normalized spacial score (nSPS) is 14.8. The number of carbonyl (C=O) groups is 3. The molecule has 0 bridgehead atoms. The van der Waals surface area contributed by atoms with Gasteiger partial charge in [0.05, 0.1) is 16.3 Å². The Bertz CT molecular complexity index is 1310. The third-order valence-corrected chi connectivity index (χ3v) is 6.26. The van der Waals surface area contributed by atoms with Crippen molar-refractivity contribution >= 4 is 40.6 Å². The van der Waals surface area contributed by atoms with Gasteiger partial charge < -0.3 is 5.32 Å². The number of anilines is 1. The van der Waals surface area contributed by atoms with E-state index in [2.05, 4.69) is 5.32 Å². The molecule has 2 aromatic carbocycles. The monoisotopic (exact) mass is 462 g/mol. The molecular weight excluding hydrogens is 440 g/mol. The van der Waals surface area contributed by atoms with Crippen molar-refractivity contribution in [1.82, 2.24) is 14.3 Å². The molecule has 168 valence electrons. The molecule has 1 aromatic heterocycles. The Morgan fingerprint density at radius 3 is 2.30 bits per heavy atom. The molecule has 3 amide bonds. The summed E-state index contributed by atoms with van der Waals surface area (Å²) < 4.78 is 3.13. The summed E-state index contributed by atoms with van der Waals surface area (Å²) in [5.41, 5.74) is 1.90. The summed E-state index contributed by atoms with van der Waals surface area (Å²) in [6.07, 6.45) is 1.54. The van der Waals surface area contributed by atoms with E-state index in [9.17, 15) is 19.2 Å². The summed E-state index contributed by atoms with van der Waals surface area (Å²) in [5.74, 6) is -0.879.